The quantitative estimate of drug-likeness (QED) is 0.444. The maximum absolute atomic E-state index is 2.35. The Morgan fingerprint density at radius 2 is 2.30 bits per heavy atom. The molecular formula is C10H12. The second-order valence-electron chi connectivity index (χ2n) is 2.95. The Morgan fingerprint density at radius 3 is 3.20 bits per heavy atom. The van der Waals surface area contributed by atoms with E-state index in [0.29, 0.717) is 0 Å². The first-order valence-electron chi connectivity index (χ1n) is 4.00. The van der Waals surface area contributed by atoms with Gasteiger partial charge in [0.1, 0.15) is 0 Å². The Labute approximate surface area is 61.9 Å². The van der Waals surface area contributed by atoms with Gasteiger partial charge >= 0.3 is 0 Å². The molecule has 0 aliphatic heterocycles. The van der Waals surface area contributed by atoms with Crippen molar-refractivity contribution in [3.8, 4) is 0 Å². The molecule has 1 atom stereocenters. The Hall–Kier alpha value is -0.780. The summed E-state index contributed by atoms with van der Waals surface area (Å²) in [5, 5.41) is 0. The number of hydrogen-bond donors (Lipinski definition) is 0. The van der Waals surface area contributed by atoms with Crippen LogP contribution in [0.1, 0.15) is 19.3 Å². The van der Waals surface area contributed by atoms with Gasteiger partial charge in [-0.25, -0.2) is 0 Å². The molecule has 0 aromatic carbocycles. The molecule has 2 aliphatic carbocycles. The summed E-state index contributed by atoms with van der Waals surface area (Å²) >= 11 is 0. The second kappa shape index (κ2) is 2.45. The van der Waals surface area contributed by atoms with Gasteiger partial charge in [0.05, 0.1) is 0 Å². The summed E-state index contributed by atoms with van der Waals surface area (Å²) in [6.07, 6.45) is 15.2. The molecule has 2 aliphatic rings. The second-order valence-corrected chi connectivity index (χ2v) is 2.95. The largest absolute Gasteiger partial charge is 0.0842 e. The van der Waals surface area contributed by atoms with E-state index in [1.807, 2.05) is 0 Å². The summed E-state index contributed by atoms with van der Waals surface area (Å²) < 4.78 is 0. The van der Waals surface area contributed by atoms with Crippen molar-refractivity contribution in [1.82, 2.24) is 0 Å². The molecule has 0 aromatic rings. The highest BCUT2D eigenvalue weighted by atomic mass is 14.2. The predicted octanol–water partition coefficient (Wildman–Crippen LogP) is 2.84. The third kappa shape index (κ3) is 0.942. The molecule has 0 heteroatoms. The van der Waals surface area contributed by atoms with Gasteiger partial charge in [-0.1, -0.05) is 30.4 Å². The van der Waals surface area contributed by atoms with Crippen LogP contribution in [0.25, 0.3) is 0 Å². The van der Waals surface area contributed by atoms with Gasteiger partial charge in [-0.2, -0.15) is 0 Å². The molecule has 0 saturated heterocycles. The molecule has 0 spiro atoms. The third-order valence-corrected chi connectivity index (χ3v) is 2.24. The highest BCUT2D eigenvalue weighted by Crippen LogP contribution is 2.28. The van der Waals surface area contributed by atoms with Crippen LogP contribution in [0.5, 0.6) is 0 Å². The Kier molecular flexibility index (Phi) is 1.46. The van der Waals surface area contributed by atoms with E-state index >= 15 is 0 Å². The molecule has 1 unspecified atom stereocenters. The van der Waals surface area contributed by atoms with Gasteiger partial charge in [-0.05, 0) is 24.8 Å². The normalized spacial score (nSPS) is 29.6. The first kappa shape index (κ1) is 5.96. The molecule has 0 N–H and O–H groups in total. The zero-order chi connectivity index (χ0) is 6.81. The molecule has 0 aromatic heterocycles. The number of hydrogen-bond acceptors (Lipinski definition) is 0. The van der Waals surface area contributed by atoms with Crippen molar-refractivity contribution < 1.29 is 0 Å². The van der Waals surface area contributed by atoms with E-state index in [1.165, 1.54) is 18.4 Å². The molecule has 0 bridgehead atoms. The van der Waals surface area contributed by atoms with Gasteiger partial charge in [0.2, 0.25) is 0 Å². The van der Waals surface area contributed by atoms with Crippen molar-refractivity contribution in [2.24, 2.45) is 5.92 Å². The van der Waals surface area contributed by atoms with E-state index < -0.39 is 0 Å². The van der Waals surface area contributed by atoms with Gasteiger partial charge in [-0.15, -0.1) is 0 Å². The van der Waals surface area contributed by atoms with Crippen LogP contribution in [-0.4, -0.2) is 0 Å². The molecule has 0 amide bonds. The fourth-order valence-electron chi connectivity index (χ4n) is 1.66. The highest BCUT2D eigenvalue weighted by Gasteiger charge is 2.12. The predicted molar refractivity (Wildman–Crippen MR) is 43.7 cm³/mol. The third-order valence-electron chi connectivity index (χ3n) is 2.24. The fourth-order valence-corrected chi connectivity index (χ4v) is 1.66. The van der Waals surface area contributed by atoms with Crippen molar-refractivity contribution in [2.45, 2.75) is 19.3 Å². The van der Waals surface area contributed by atoms with Crippen LogP contribution in [0.2, 0.25) is 0 Å². The Bertz CT molecular complexity index is 206. The summed E-state index contributed by atoms with van der Waals surface area (Å²) in [4.78, 5) is 0. The van der Waals surface area contributed by atoms with Gasteiger partial charge in [0.15, 0.2) is 0 Å². The lowest BCUT2D eigenvalue weighted by Gasteiger charge is -2.20. The lowest BCUT2D eigenvalue weighted by molar-refractivity contribution is 0.667. The molecule has 2 rings (SSSR count). The van der Waals surface area contributed by atoms with Crippen LogP contribution in [-0.2, 0) is 0 Å². The van der Waals surface area contributed by atoms with Crippen molar-refractivity contribution in [2.75, 3.05) is 0 Å². The van der Waals surface area contributed by atoms with E-state index in [4.69, 9.17) is 0 Å². The van der Waals surface area contributed by atoms with Crippen LogP contribution in [0.3, 0.4) is 0 Å². The standard InChI is InChI=1S/C10H12/c1-2-6-10-8-4-3-7-9(10)5-1/h1,4-6,8-9H,2-3,7H2. The molecule has 52 valence electrons. The van der Waals surface area contributed by atoms with Crippen molar-refractivity contribution >= 4 is 0 Å². The Balaban J connectivity index is 2.26. The lowest BCUT2D eigenvalue weighted by Crippen LogP contribution is -2.05. The van der Waals surface area contributed by atoms with E-state index in [2.05, 4.69) is 30.4 Å². The summed E-state index contributed by atoms with van der Waals surface area (Å²) in [5.41, 5.74) is 1.54. The minimum Gasteiger partial charge on any atom is -0.0842 e. The zero-order valence-corrected chi connectivity index (χ0v) is 6.09. The average molecular weight is 132 g/mol. The van der Waals surface area contributed by atoms with Crippen LogP contribution in [0.15, 0.2) is 36.0 Å². The van der Waals surface area contributed by atoms with E-state index in [9.17, 15) is 0 Å². The topological polar surface area (TPSA) is 0 Å². The van der Waals surface area contributed by atoms with Gasteiger partial charge in [0, 0.05) is 5.92 Å². The minimum absolute atomic E-state index is 0.749. The Morgan fingerprint density at radius 1 is 1.30 bits per heavy atom. The number of fused-ring (bicyclic) bond motifs is 1. The van der Waals surface area contributed by atoms with E-state index in [1.54, 1.807) is 0 Å². The summed E-state index contributed by atoms with van der Waals surface area (Å²) in [7, 11) is 0. The molecule has 0 nitrogen and oxygen atoms in total. The maximum atomic E-state index is 2.35. The van der Waals surface area contributed by atoms with E-state index in [0.717, 1.165) is 12.3 Å². The summed E-state index contributed by atoms with van der Waals surface area (Å²) in [6, 6.07) is 0. The number of rotatable bonds is 0. The highest BCUT2D eigenvalue weighted by molar-refractivity contribution is 5.31. The number of allylic oxidation sites excluding steroid dienone is 6. The van der Waals surface area contributed by atoms with Gasteiger partial charge in [0.25, 0.3) is 0 Å². The SMILES string of the molecule is C1=CC2CCC=CC2=CC1. The fraction of sp³-hybridized carbons (Fsp3) is 0.400. The van der Waals surface area contributed by atoms with Crippen LogP contribution in [0, 0.1) is 5.92 Å². The van der Waals surface area contributed by atoms with Crippen LogP contribution in [0.4, 0.5) is 0 Å². The van der Waals surface area contributed by atoms with Crippen LogP contribution >= 0.6 is 0 Å². The molecule has 10 heavy (non-hydrogen) atoms. The molecular weight excluding hydrogens is 120 g/mol. The first-order valence-corrected chi connectivity index (χ1v) is 4.00. The monoisotopic (exact) mass is 132 g/mol. The minimum atomic E-state index is 0.749. The lowest BCUT2D eigenvalue weighted by atomic mass is 9.86. The smallest absolute Gasteiger partial charge is 0.00178 e. The van der Waals surface area contributed by atoms with Crippen molar-refractivity contribution in [1.29, 1.82) is 0 Å². The maximum Gasteiger partial charge on any atom is 0.00178 e. The average Bonchev–Trinajstić information content (AvgIpc) is 2.05. The van der Waals surface area contributed by atoms with Crippen LogP contribution < -0.4 is 0 Å². The summed E-state index contributed by atoms with van der Waals surface area (Å²) in [5.74, 6) is 0.749. The van der Waals surface area contributed by atoms with Crippen molar-refractivity contribution in [3.05, 3.63) is 36.0 Å². The zero-order valence-electron chi connectivity index (χ0n) is 6.09. The summed E-state index contributed by atoms with van der Waals surface area (Å²) in [6.45, 7) is 0. The molecule has 0 saturated carbocycles. The van der Waals surface area contributed by atoms with Gasteiger partial charge in [-0.3, -0.25) is 0 Å². The first-order chi connectivity index (χ1) is 4.97. The van der Waals surface area contributed by atoms with Gasteiger partial charge < -0.3 is 0 Å². The van der Waals surface area contributed by atoms with Crippen molar-refractivity contribution in [3.63, 3.8) is 0 Å². The molecule has 0 heterocycles. The molecule has 0 radical (unpaired) electrons. The van der Waals surface area contributed by atoms with E-state index in [-0.39, 0.29) is 0 Å². The molecule has 0 fully saturated rings.